The molecule has 4 rings (SSSR count). The van der Waals surface area contributed by atoms with Crippen molar-refractivity contribution in [3.63, 3.8) is 0 Å². The van der Waals surface area contributed by atoms with Gasteiger partial charge in [-0.2, -0.15) is 0 Å². The Morgan fingerprint density at radius 3 is 2.45 bits per heavy atom. The molecule has 2 heterocycles. The van der Waals surface area contributed by atoms with Gasteiger partial charge in [0.05, 0.1) is 5.56 Å². The van der Waals surface area contributed by atoms with Crippen LogP contribution in [-0.4, -0.2) is 35.5 Å². The fourth-order valence-corrected chi connectivity index (χ4v) is 4.28. The summed E-state index contributed by atoms with van der Waals surface area (Å²) in [5.74, 6) is 0.0280. The Balaban J connectivity index is 1.37. The van der Waals surface area contributed by atoms with Crippen LogP contribution in [0.15, 0.2) is 48.5 Å². The molecule has 2 aliphatic heterocycles. The average molecular weight is 392 g/mol. The second-order valence-electron chi connectivity index (χ2n) is 8.15. The number of carbonyl (C=O) groups is 2. The van der Waals surface area contributed by atoms with Gasteiger partial charge in [0, 0.05) is 37.2 Å². The third-order valence-electron chi connectivity index (χ3n) is 6.07. The molecule has 0 saturated carbocycles. The van der Waals surface area contributed by atoms with Crippen LogP contribution in [0.4, 0.5) is 5.69 Å². The Kier molecular flexibility index (Phi) is 5.56. The molecule has 5 heteroatoms. The van der Waals surface area contributed by atoms with E-state index in [-0.39, 0.29) is 11.8 Å². The lowest BCUT2D eigenvalue weighted by Crippen LogP contribution is -2.62. The van der Waals surface area contributed by atoms with Crippen LogP contribution in [0, 0.1) is 0 Å². The fourth-order valence-electron chi connectivity index (χ4n) is 4.28. The molecule has 0 unspecified atom stereocenters. The lowest BCUT2D eigenvalue weighted by Gasteiger charge is -2.45. The van der Waals surface area contributed by atoms with E-state index in [1.165, 1.54) is 24.8 Å². The second-order valence-corrected chi connectivity index (χ2v) is 8.15. The van der Waals surface area contributed by atoms with E-state index in [1.54, 1.807) is 0 Å². The number of para-hydroxylation sites is 1. The maximum Gasteiger partial charge on any atom is 0.255 e. The normalized spacial score (nSPS) is 17.4. The minimum atomic E-state index is -0.467. The first-order chi connectivity index (χ1) is 14.1. The Bertz CT molecular complexity index is 883. The van der Waals surface area contributed by atoms with E-state index in [4.69, 9.17) is 0 Å². The molecule has 0 aromatic heterocycles. The molecule has 0 atom stereocenters. The number of carbonyl (C=O) groups excluding carboxylic acids is 2. The third-order valence-corrected chi connectivity index (χ3v) is 6.07. The van der Waals surface area contributed by atoms with Crippen molar-refractivity contribution in [1.82, 2.24) is 10.2 Å². The number of amides is 2. The van der Waals surface area contributed by atoms with E-state index in [1.807, 2.05) is 41.3 Å². The fraction of sp³-hybridized carbons (Fsp3) is 0.417. The highest BCUT2D eigenvalue weighted by Gasteiger charge is 2.40. The van der Waals surface area contributed by atoms with Gasteiger partial charge in [-0.25, -0.2) is 0 Å². The van der Waals surface area contributed by atoms with Crippen molar-refractivity contribution in [3.05, 3.63) is 65.2 Å². The quantitative estimate of drug-likeness (QED) is 0.751. The zero-order chi connectivity index (χ0) is 20.3. The minimum Gasteiger partial charge on any atom is -0.362 e. The minimum absolute atomic E-state index is 0.0437. The Morgan fingerprint density at radius 1 is 1.00 bits per heavy atom. The summed E-state index contributed by atoms with van der Waals surface area (Å²) in [5.41, 5.74) is 3.11. The van der Waals surface area contributed by atoms with Crippen LogP contribution in [0.5, 0.6) is 0 Å². The van der Waals surface area contributed by atoms with Gasteiger partial charge < -0.3 is 15.5 Å². The first-order valence-electron chi connectivity index (χ1n) is 10.7. The highest BCUT2D eigenvalue weighted by Crippen LogP contribution is 2.31. The zero-order valence-corrected chi connectivity index (χ0v) is 17.0. The number of unbranched alkanes of at least 4 members (excludes halogenated alkanes) is 2. The Labute approximate surface area is 172 Å². The summed E-state index contributed by atoms with van der Waals surface area (Å²) >= 11 is 0. The van der Waals surface area contributed by atoms with Crippen molar-refractivity contribution < 1.29 is 9.59 Å². The number of fused-ring (bicyclic) bond motifs is 1. The summed E-state index contributed by atoms with van der Waals surface area (Å²) in [6.07, 6.45) is 6.10. The standard InChI is InChI=1S/C24H29N3O2/c1-2-3-4-7-18-10-12-19(13-11-18)23(29)27-16-14-24(15-17-27)25-21-9-6-5-8-20(21)22(28)26-24/h5-6,8-13,25H,2-4,7,14-17H2,1H3,(H,26,28). The summed E-state index contributed by atoms with van der Waals surface area (Å²) in [6, 6.07) is 15.6. The van der Waals surface area contributed by atoms with E-state index >= 15 is 0 Å². The van der Waals surface area contributed by atoms with Crippen LogP contribution in [0.2, 0.25) is 0 Å². The van der Waals surface area contributed by atoms with E-state index in [2.05, 4.69) is 29.7 Å². The Hall–Kier alpha value is -2.82. The predicted molar refractivity (Wildman–Crippen MR) is 115 cm³/mol. The number of rotatable bonds is 5. The maximum atomic E-state index is 12.9. The molecule has 2 aromatic carbocycles. The van der Waals surface area contributed by atoms with Gasteiger partial charge in [-0.15, -0.1) is 0 Å². The largest absolute Gasteiger partial charge is 0.362 e. The molecule has 2 aromatic rings. The van der Waals surface area contributed by atoms with Gasteiger partial charge in [-0.1, -0.05) is 44.0 Å². The van der Waals surface area contributed by atoms with Crippen molar-refractivity contribution in [1.29, 1.82) is 0 Å². The molecule has 0 aliphatic carbocycles. The number of nitrogens with zero attached hydrogens (tertiary/aromatic N) is 1. The lowest BCUT2D eigenvalue weighted by molar-refractivity contribution is 0.0639. The van der Waals surface area contributed by atoms with Crippen LogP contribution in [0.3, 0.4) is 0 Å². The van der Waals surface area contributed by atoms with Crippen molar-refractivity contribution in [2.24, 2.45) is 0 Å². The molecule has 0 bridgehead atoms. The summed E-state index contributed by atoms with van der Waals surface area (Å²) in [5, 5.41) is 6.63. The zero-order valence-electron chi connectivity index (χ0n) is 17.0. The summed E-state index contributed by atoms with van der Waals surface area (Å²) in [6.45, 7) is 3.44. The predicted octanol–water partition coefficient (Wildman–Crippen LogP) is 4.21. The number of piperidine rings is 1. The molecule has 29 heavy (non-hydrogen) atoms. The van der Waals surface area contributed by atoms with E-state index in [0.717, 1.165) is 17.7 Å². The number of hydrogen-bond acceptors (Lipinski definition) is 3. The SMILES string of the molecule is CCCCCc1ccc(C(=O)N2CCC3(CC2)NC(=O)c2ccccc2N3)cc1. The van der Waals surface area contributed by atoms with Crippen molar-refractivity contribution in [2.75, 3.05) is 18.4 Å². The van der Waals surface area contributed by atoms with Crippen LogP contribution < -0.4 is 10.6 Å². The molecule has 0 radical (unpaired) electrons. The molecule has 5 nitrogen and oxygen atoms in total. The van der Waals surface area contributed by atoms with Gasteiger partial charge in [0.2, 0.25) is 0 Å². The van der Waals surface area contributed by atoms with Gasteiger partial charge in [0.1, 0.15) is 5.66 Å². The van der Waals surface area contributed by atoms with Crippen molar-refractivity contribution in [2.45, 2.75) is 51.1 Å². The van der Waals surface area contributed by atoms with Crippen molar-refractivity contribution in [3.8, 4) is 0 Å². The molecule has 1 spiro atoms. The summed E-state index contributed by atoms with van der Waals surface area (Å²) < 4.78 is 0. The first kappa shape index (κ1) is 19.5. The maximum absolute atomic E-state index is 12.9. The van der Waals surface area contributed by atoms with Gasteiger partial charge in [-0.3, -0.25) is 9.59 Å². The van der Waals surface area contributed by atoms with Crippen molar-refractivity contribution >= 4 is 17.5 Å². The molecule has 152 valence electrons. The highest BCUT2D eigenvalue weighted by molar-refractivity contribution is 6.02. The third kappa shape index (κ3) is 4.14. The number of aryl methyl sites for hydroxylation is 1. The van der Waals surface area contributed by atoms with Crippen LogP contribution in [-0.2, 0) is 6.42 Å². The first-order valence-corrected chi connectivity index (χ1v) is 10.7. The van der Waals surface area contributed by atoms with E-state index in [0.29, 0.717) is 31.5 Å². The average Bonchev–Trinajstić information content (AvgIpc) is 2.74. The molecule has 1 fully saturated rings. The topological polar surface area (TPSA) is 61.4 Å². The lowest BCUT2D eigenvalue weighted by atomic mass is 9.92. The monoisotopic (exact) mass is 391 g/mol. The molecule has 2 N–H and O–H groups in total. The number of anilines is 1. The number of likely N-dealkylation sites (tertiary alicyclic amines) is 1. The van der Waals surface area contributed by atoms with Crippen LogP contribution >= 0.6 is 0 Å². The van der Waals surface area contributed by atoms with Gasteiger partial charge in [0.25, 0.3) is 11.8 Å². The number of benzene rings is 2. The number of hydrogen-bond donors (Lipinski definition) is 2. The van der Waals surface area contributed by atoms with Gasteiger partial charge in [0.15, 0.2) is 0 Å². The molecular weight excluding hydrogens is 362 g/mol. The highest BCUT2D eigenvalue weighted by atomic mass is 16.2. The molecular formula is C24H29N3O2. The van der Waals surface area contributed by atoms with E-state index < -0.39 is 5.66 Å². The molecule has 2 amide bonds. The number of nitrogens with one attached hydrogen (secondary N) is 2. The smallest absolute Gasteiger partial charge is 0.255 e. The molecule has 1 saturated heterocycles. The summed E-state index contributed by atoms with van der Waals surface area (Å²) in [4.78, 5) is 27.3. The molecule has 2 aliphatic rings. The Morgan fingerprint density at radius 2 is 1.72 bits per heavy atom. The van der Waals surface area contributed by atoms with Gasteiger partial charge in [-0.05, 0) is 42.7 Å². The van der Waals surface area contributed by atoms with E-state index in [9.17, 15) is 9.59 Å². The second kappa shape index (κ2) is 8.27. The van der Waals surface area contributed by atoms with Gasteiger partial charge >= 0.3 is 0 Å². The van der Waals surface area contributed by atoms with Crippen LogP contribution in [0.25, 0.3) is 0 Å². The van der Waals surface area contributed by atoms with Crippen LogP contribution in [0.1, 0.15) is 65.3 Å². The summed E-state index contributed by atoms with van der Waals surface area (Å²) in [7, 11) is 0.